The van der Waals surface area contributed by atoms with E-state index in [0.717, 1.165) is 6.54 Å². The van der Waals surface area contributed by atoms with Crippen molar-refractivity contribution in [2.24, 2.45) is 5.41 Å². The number of hydrogen-bond donors (Lipinski definition) is 1. The van der Waals surface area contributed by atoms with Crippen LogP contribution in [0.5, 0.6) is 0 Å². The Morgan fingerprint density at radius 1 is 1.40 bits per heavy atom. The second-order valence-corrected chi connectivity index (χ2v) is 7.37. The maximum absolute atomic E-state index is 4.72. The van der Waals surface area contributed by atoms with Crippen LogP contribution in [0.15, 0.2) is 18.3 Å². The molecule has 20 heavy (non-hydrogen) atoms. The molecule has 1 aromatic rings. The highest BCUT2D eigenvalue weighted by atomic mass is 14.9. The van der Waals surface area contributed by atoms with E-state index in [1.54, 1.807) is 0 Å². The fraction of sp³-hybridized carbons (Fsp3) is 0.722. The van der Waals surface area contributed by atoms with Crippen LogP contribution in [0.1, 0.15) is 70.6 Å². The Morgan fingerprint density at radius 3 is 2.90 bits per heavy atom. The number of rotatable bonds is 5. The molecule has 0 bridgehead atoms. The standard InChI is InChI=1S/C18H30N2/c1-5-11-19-16(13-18(2,3)4)15-10-6-8-14-9-7-12-20-17(14)15/h7,9,12,15-16,19H,5-6,8,10-11,13H2,1-4H3. The molecule has 0 spiro atoms. The molecule has 0 fully saturated rings. The largest absolute Gasteiger partial charge is 0.313 e. The van der Waals surface area contributed by atoms with Gasteiger partial charge in [-0.25, -0.2) is 0 Å². The van der Waals surface area contributed by atoms with Crippen molar-refractivity contribution in [3.8, 4) is 0 Å². The van der Waals surface area contributed by atoms with E-state index in [1.165, 1.54) is 43.4 Å². The van der Waals surface area contributed by atoms with Gasteiger partial charge in [-0.3, -0.25) is 4.98 Å². The van der Waals surface area contributed by atoms with Gasteiger partial charge >= 0.3 is 0 Å². The third-order valence-corrected chi connectivity index (χ3v) is 4.21. The van der Waals surface area contributed by atoms with Crippen LogP contribution in [0.3, 0.4) is 0 Å². The lowest BCUT2D eigenvalue weighted by molar-refractivity contribution is 0.266. The normalized spacial score (nSPS) is 20.5. The zero-order valence-electron chi connectivity index (χ0n) is 13.6. The van der Waals surface area contributed by atoms with Crippen molar-refractivity contribution >= 4 is 0 Å². The first-order chi connectivity index (χ1) is 9.51. The maximum Gasteiger partial charge on any atom is 0.0481 e. The number of pyridine rings is 1. The number of nitrogens with one attached hydrogen (secondary N) is 1. The average Bonchev–Trinajstić information content (AvgIpc) is 2.41. The smallest absolute Gasteiger partial charge is 0.0481 e. The highest BCUT2D eigenvalue weighted by molar-refractivity contribution is 5.27. The molecule has 2 atom stereocenters. The highest BCUT2D eigenvalue weighted by Gasteiger charge is 2.31. The van der Waals surface area contributed by atoms with Gasteiger partial charge in [-0.2, -0.15) is 0 Å². The van der Waals surface area contributed by atoms with Crippen molar-refractivity contribution in [2.45, 2.75) is 71.8 Å². The Labute approximate surface area is 124 Å². The number of nitrogens with zero attached hydrogens (tertiary/aromatic N) is 1. The average molecular weight is 274 g/mol. The Balaban J connectivity index is 2.20. The van der Waals surface area contributed by atoms with E-state index in [4.69, 9.17) is 4.98 Å². The summed E-state index contributed by atoms with van der Waals surface area (Å²) in [5, 5.41) is 3.80. The maximum atomic E-state index is 4.72. The van der Waals surface area contributed by atoms with E-state index in [1.807, 2.05) is 6.20 Å². The van der Waals surface area contributed by atoms with Gasteiger partial charge in [-0.15, -0.1) is 0 Å². The molecule has 2 unspecified atom stereocenters. The van der Waals surface area contributed by atoms with Crippen molar-refractivity contribution in [2.75, 3.05) is 6.54 Å². The summed E-state index contributed by atoms with van der Waals surface area (Å²) < 4.78 is 0. The van der Waals surface area contributed by atoms with Crippen LogP contribution >= 0.6 is 0 Å². The van der Waals surface area contributed by atoms with Crippen molar-refractivity contribution in [1.29, 1.82) is 0 Å². The van der Waals surface area contributed by atoms with Gasteiger partial charge < -0.3 is 5.32 Å². The summed E-state index contributed by atoms with van der Waals surface area (Å²) in [4.78, 5) is 4.72. The molecule has 0 radical (unpaired) electrons. The Morgan fingerprint density at radius 2 is 2.20 bits per heavy atom. The number of hydrogen-bond acceptors (Lipinski definition) is 2. The number of aromatic nitrogens is 1. The predicted octanol–water partition coefficient (Wildman–Crippen LogP) is 4.31. The summed E-state index contributed by atoms with van der Waals surface area (Å²) in [6.07, 6.45) is 8.16. The minimum atomic E-state index is 0.359. The van der Waals surface area contributed by atoms with Crippen LogP contribution in [0.25, 0.3) is 0 Å². The lowest BCUT2D eigenvalue weighted by Gasteiger charge is -2.35. The molecular formula is C18H30N2. The molecule has 1 aromatic heterocycles. The molecule has 0 aliphatic heterocycles. The predicted molar refractivity (Wildman–Crippen MR) is 86.1 cm³/mol. The summed E-state index contributed by atoms with van der Waals surface area (Å²) in [7, 11) is 0. The van der Waals surface area contributed by atoms with Gasteiger partial charge in [0.15, 0.2) is 0 Å². The molecule has 1 N–H and O–H groups in total. The Hall–Kier alpha value is -0.890. The van der Waals surface area contributed by atoms with Gasteiger partial charge in [-0.05, 0) is 55.7 Å². The first kappa shape index (κ1) is 15.5. The molecule has 0 amide bonds. The highest BCUT2D eigenvalue weighted by Crippen LogP contribution is 2.36. The molecule has 1 aliphatic rings. The van der Waals surface area contributed by atoms with E-state index in [-0.39, 0.29) is 0 Å². The van der Waals surface area contributed by atoms with Gasteiger partial charge in [0.2, 0.25) is 0 Å². The minimum Gasteiger partial charge on any atom is -0.313 e. The van der Waals surface area contributed by atoms with Crippen LogP contribution in [-0.4, -0.2) is 17.6 Å². The fourth-order valence-electron chi connectivity index (χ4n) is 3.38. The lowest BCUT2D eigenvalue weighted by atomic mass is 9.76. The van der Waals surface area contributed by atoms with E-state index >= 15 is 0 Å². The first-order valence-corrected chi connectivity index (χ1v) is 8.18. The molecular weight excluding hydrogens is 244 g/mol. The van der Waals surface area contributed by atoms with E-state index in [0.29, 0.717) is 17.4 Å². The van der Waals surface area contributed by atoms with E-state index < -0.39 is 0 Å². The van der Waals surface area contributed by atoms with Gasteiger partial charge in [0, 0.05) is 23.9 Å². The molecule has 2 nitrogen and oxygen atoms in total. The van der Waals surface area contributed by atoms with Gasteiger partial charge in [0.1, 0.15) is 0 Å². The lowest BCUT2D eigenvalue weighted by Crippen LogP contribution is -2.40. The molecule has 0 saturated carbocycles. The number of aryl methyl sites for hydroxylation is 1. The van der Waals surface area contributed by atoms with Crippen LogP contribution in [0.2, 0.25) is 0 Å². The van der Waals surface area contributed by atoms with Crippen molar-refractivity contribution < 1.29 is 0 Å². The van der Waals surface area contributed by atoms with Crippen LogP contribution in [0.4, 0.5) is 0 Å². The molecule has 1 aliphatic carbocycles. The van der Waals surface area contributed by atoms with Gasteiger partial charge in [0.05, 0.1) is 0 Å². The summed E-state index contributed by atoms with van der Waals surface area (Å²) in [6.45, 7) is 10.4. The fourth-order valence-corrected chi connectivity index (χ4v) is 3.38. The molecule has 0 aromatic carbocycles. The quantitative estimate of drug-likeness (QED) is 0.865. The zero-order valence-corrected chi connectivity index (χ0v) is 13.6. The summed E-state index contributed by atoms with van der Waals surface area (Å²) >= 11 is 0. The SMILES string of the molecule is CCCNC(CC(C)(C)C)C1CCCc2cccnc21. The minimum absolute atomic E-state index is 0.359. The zero-order chi connectivity index (χ0) is 14.6. The molecule has 2 rings (SSSR count). The van der Waals surface area contributed by atoms with Gasteiger partial charge in [0.25, 0.3) is 0 Å². The first-order valence-electron chi connectivity index (χ1n) is 8.18. The van der Waals surface area contributed by atoms with E-state index in [9.17, 15) is 0 Å². The Bertz CT molecular complexity index is 420. The summed E-state index contributed by atoms with van der Waals surface area (Å²) in [6, 6.07) is 4.91. The summed E-state index contributed by atoms with van der Waals surface area (Å²) in [5.74, 6) is 0.589. The number of fused-ring (bicyclic) bond motifs is 1. The third-order valence-electron chi connectivity index (χ3n) is 4.21. The van der Waals surface area contributed by atoms with Gasteiger partial charge in [-0.1, -0.05) is 33.8 Å². The van der Waals surface area contributed by atoms with Crippen molar-refractivity contribution in [3.05, 3.63) is 29.6 Å². The van der Waals surface area contributed by atoms with Crippen molar-refractivity contribution in [3.63, 3.8) is 0 Å². The molecule has 1 heterocycles. The summed E-state index contributed by atoms with van der Waals surface area (Å²) in [5.41, 5.74) is 3.19. The monoisotopic (exact) mass is 274 g/mol. The van der Waals surface area contributed by atoms with Crippen LogP contribution in [-0.2, 0) is 6.42 Å². The third kappa shape index (κ3) is 4.05. The molecule has 0 saturated heterocycles. The van der Waals surface area contributed by atoms with Crippen molar-refractivity contribution in [1.82, 2.24) is 10.3 Å². The van der Waals surface area contributed by atoms with Crippen LogP contribution < -0.4 is 5.32 Å². The second kappa shape index (κ2) is 6.71. The molecule has 2 heteroatoms. The second-order valence-electron chi connectivity index (χ2n) is 7.37. The molecule has 112 valence electrons. The Kier molecular flexibility index (Phi) is 5.20. The topological polar surface area (TPSA) is 24.9 Å². The van der Waals surface area contributed by atoms with E-state index in [2.05, 4.69) is 45.1 Å². The van der Waals surface area contributed by atoms with Crippen LogP contribution in [0, 0.1) is 5.41 Å².